The van der Waals surface area contributed by atoms with E-state index < -0.39 is 17.6 Å². The van der Waals surface area contributed by atoms with Gasteiger partial charge in [0.1, 0.15) is 0 Å². The molecule has 1 aliphatic rings. The molecule has 0 radical (unpaired) electrons. The van der Waals surface area contributed by atoms with Crippen molar-refractivity contribution >= 4 is 0 Å². The van der Waals surface area contributed by atoms with Gasteiger partial charge in [0.05, 0.1) is 5.92 Å². The minimum absolute atomic E-state index is 0.205. The van der Waals surface area contributed by atoms with E-state index in [0.29, 0.717) is 6.42 Å². The monoisotopic (exact) mass is 223 g/mol. The second-order valence-corrected chi connectivity index (χ2v) is 5.72. The Bertz CT molecular complexity index is 230. The maximum absolute atomic E-state index is 12.8. The summed E-state index contributed by atoms with van der Waals surface area (Å²) in [4.78, 5) is 0. The molecule has 0 aromatic carbocycles. The van der Waals surface area contributed by atoms with Crippen LogP contribution in [0.5, 0.6) is 0 Å². The number of hydrogen-bond acceptors (Lipinski definition) is 1. The maximum Gasteiger partial charge on any atom is 0.393 e. The van der Waals surface area contributed by atoms with Crippen LogP contribution in [-0.4, -0.2) is 17.3 Å². The zero-order valence-corrected chi connectivity index (χ0v) is 9.83. The first kappa shape index (κ1) is 12.8. The standard InChI is InChI=1S/C11H20F3N/c1-9(2)7-5-6-8(11(12,13)14)10(3,4)15-9/h8,15H,5-7H2,1-4H3. The van der Waals surface area contributed by atoms with Gasteiger partial charge in [-0.3, -0.25) is 0 Å². The molecule has 1 saturated heterocycles. The first-order valence-electron chi connectivity index (χ1n) is 5.41. The zero-order valence-electron chi connectivity index (χ0n) is 9.83. The number of nitrogens with one attached hydrogen (secondary N) is 1. The highest BCUT2D eigenvalue weighted by Gasteiger charge is 2.50. The molecule has 0 aromatic heterocycles. The minimum Gasteiger partial charge on any atom is -0.306 e. The molecule has 1 N–H and O–H groups in total. The summed E-state index contributed by atoms with van der Waals surface area (Å²) >= 11 is 0. The molecular weight excluding hydrogens is 203 g/mol. The lowest BCUT2D eigenvalue weighted by molar-refractivity contribution is -0.194. The lowest BCUT2D eigenvalue weighted by Gasteiger charge is -2.39. The molecule has 15 heavy (non-hydrogen) atoms. The molecule has 1 heterocycles. The van der Waals surface area contributed by atoms with Crippen LogP contribution < -0.4 is 5.32 Å². The Labute approximate surface area is 89.4 Å². The van der Waals surface area contributed by atoms with Gasteiger partial charge < -0.3 is 5.32 Å². The number of rotatable bonds is 0. The molecule has 90 valence electrons. The van der Waals surface area contributed by atoms with E-state index in [1.54, 1.807) is 13.8 Å². The summed E-state index contributed by atoms with van der Waals surface area (Å²) in [5.41, 5.74) is -1.08. The second kappa shape index (κ2) is 3.65. The van der Waals surface area contributed by atoms with Gasteiger partial charge in [0.25, 0.3) is 0 Å². The summed E-state index contributed by atoms with van der Waals surface area (Å²) in [7, 11) is 0. The highest BCUT2D eigenvalue weighted by atomic mass is 19.4. The van der Waals surface area contributed by atoms with Crippen LogP contribution in [0.15, 0.2) is 0 Å². The van der Waals surface area contributed by atoms with Crippen molar-refractivity contribution in [2.75, 3.05) is 0 Å². The predicted molar refractivity (Wildman–Crippen MR) is 54.7 cm³/mol. The zero-order chi connectivity index (χ0) is 11.9. The van der Waals surface area contributed by atoms with Gasteiger partial charge in [-0.2, -0.15) is 13.2 Å². The van der Waals surface area contributed by atoms with Gasteiger partial charge in [-0.25, -0.2) is 0 Å². The van der Waals surface area contributed by atoms with Gasteiger partial charge in [-0.05, 0) is 40.5 Å². The van der Waals surface area contributed by atoms with Crippen molar-refractivity contribution in [3.8, 4) is 0 Å². The molecule has 0 spiro atoms. The van der Waals surface area contributed by atoms with Gasteiger partial charge >= 0.3 is 6.18 Å². The Balaban J connectivity index is 2.92. The fourth-order valence-corrected chi connectivity index (χ4v) is 2.70. The molecule has 4 heteroatoms. The van der Waals surface area contributed by atoms with E-state index >= 15 is 0 Å². The molecule has 1 fully saturated rings. The summed E-state index contributed by atoms with van der Waals surface area (Å²) in [6.45, 7) is 7.23. The molecular formula is C11H20F3N. The SMILES string of the molecule is CC1(C)CCCC(C(F)(F)F)C(C)(C)N1. The van der Waals surface area contributed by atoms with E-state index in [-0.39, 0.29) is 12.0 Å². The third-order valence-corrected chi connectivity index (χ3v) is 3.22. The van der Waals surface area contributed by atoms with Crippen LogP contribution >= 0.6 is 0 Å². The van der Waals surface area contributed by atoms with E-state index in [2.05, 4.69) is 5.32 Å². The Kier molecular flexibility index (Phi) is 3.12. The highest BCUT2D eigenvalue weighted by molar-refractivity contribution is 4.98. The Morgan fingerprint density at radius 2 is 1.67 bits per heavy atom. The van der Waals surface area contributed by atoms with Crippen molar-refractivity contribution in [1.29, 1.82) is 0 Å². The lowest BCUT2D eigenvalue weighted by Crippen LogP contribution is -2.57. The number of hydrogen-bond donors (Lipinski definition) is 1. The van der Waals surface area contributed by atoms with Gasteiger partial charge in [0.15, 0.2) is 0 Å². The first-order chi connectivity index (χ1) is 6.55. The molecule has 1 aliphatic heterocycles. The van der Waals surface area contributed by atoms with Crippen molar-refractivity contribution < 1.29 is 13.2 Å². The Morgan fingerprint density at radius 3 is 2.13 bits per heavy atom. The van der Waals surface area contributed by atoms with Crippen LogP contribution in [-0.2, 0) is 0 Å². The van der Waals surface area contributed by atoms with Gasteiger partial charge in [0.2, 0.25) is 0 Å². The van der Waals surface area contributed by atoms with Crippen LogP contribution in [0.25, 0.3) is 0 Å². The van der Waals surface area contributed by atoms with Gasteiger partial charge in [-0.1, -0.05) is 6.42 Å². The summed E-state index contributed by atoms with van der Waals surface area (Å²) in [6.07, 6.45) is -2.44. The topological polar surface area (TPSA) is 12.0 Å². The van der Waals surface area contributed by atoms with Crippen molar-refractivity contribution in [2.45, 2.75) is 64.2 Å². The van der Waals surface area contributed by atoms with Gasteiger partial charge in [-0.15, -0.1) is 0 Å². The van der Waals surface area contributed by atoms with E-state index in [4.69, 9.17) is 0 Å². The second-order valence-electron chi connectivity index (χ2n) is 5.72. The maximum atomic E-state index is 12.8. The molecule has 1 nitrogen and oxygen atoms in total. The average Bonchev–Trinajstić information content (AvgIpc) is 2.01. The third kappa shape index (κ3) is 3.10. The van der Waals surface area contributed by atoms with E-state index in [9.17, 15) is 13.2 Å². The molecule has 1 rings (SSSR count). The Morgan fingerprint density at radius 1 is 1.13 bits per heavy atom. The average molecular weight is 223 g/mol. The molecule has 0 bridgehead atoms. The van der Waals surface area contributed by atoms with Crippen LogP contribution in [0.1, 0.15) is 47.0 Å². The predicted octanol–water partition coefficient (Wildman–Crippen LogP) is 3.50. The van der Waals surface area contributed by atoms with Crippen LogP contribution in [0, 0.1) is 5.92 Å². The van der Waals surface area contributed by atoms with Crippen molar-refractivity contribution in [3.63, 3.8) is 0 Å². The summed E-state index contributed by atoms with van der Waals surface area (Å²) in [5, 5.41) is 3.13. The smallest absolute Gasteiger partial charge is 0.306 e. The first-order valence-corrected chi connectivity index (χ1v) is 5.41. The normalized spacial score (nSPS) is 31.0. The van der Waals surface area contributed by atoms with Crippen LogP contribution in [0.2, 0.25) is 0 Å². The molecule has 1 unspecified atom stereocenters. The molecule has 0 aliphatic carbocycles. The van der Waals surface area contributed by atoms with E-state index in [1.165, 1.54) is 0 Å². The third-order valence-electron chi connectivity index (χ3n) is 3.22. The largest absolute Gasteiger partial charge is 0.393 e. The van der Waals surface area contributed by atoms with Crippen molar-refractivity contribution in [2.24, 2.45) is 5.92 Å². The van der Waals surface area contributed by atoms with E-state index in [1.807, 2.05) is 13.8 Å². The summed E-state index contributed by atoms with van der Waals surface area (Å²) in [5.74, 6) is -1.24. The summed E-state index contributed by atoms with van der Waals surface area (Å²) < 4.78 is 38.5. The van der Waals surface area contributed by atoms with Crippen molar-refractivity contribution in [1.82, 2.24) is 5.32 Å². The van der Waals surface area contributed by atoms with Crippen LogP contribution in [0.4, 0.5) is 13.2 Å². The fraction of sp³-hybridized carbons (Fsp3) is 1.00. The minimum atomic E-state index is -4.10. The summed E-state index contributed by atoms with van der Waals surface area (Å²) in [6, 6.07) is 0. The van der Waals surface area contributed by atoms with E-state index in [0.717, 1.165) is 6.42 Å². The molecule has 0 aromatic rings. The molecule has 0 saturated carbocycles. The quantitative estimate of drug-likeness (QED) is 0.662. The molecule has 1 atom stereocenters. The highest BCUT2D eigenvalue weighted by Crippen LogP contribution is 2.41. The fourth-order valence-electron chi connectivity index (χ4n) is 2.70. The number of alkyl halides is 3. The van der Waals surface area contributed by atoms with Crippen LogP contribution in [0.3, 0.4) is 0 Å². The lowest BCUT2D eigenvalue weighted by atomic mass is 9.84. The number of halogens is 3. The Hall–Kier alpha value is -0.250. The van der Waals surface area contributed by atoms with Crippen molar-refractivity contribution in [3.05, 3.63) is 0 Å². The van der Waals surface area contributed by atoms with Gasteiger partial charge in [0, 0.05) is 11.1 Å². The molecule has 0 amide bonds.